The standard InChI is InChI=1S/C26H15Cl2NO4S/c27-17-10-11-18-21(14-17)34-24(23(18)28)26(31)32-20-9-5-4-8-16(20)13-19-25(30)33-22(29-19)12-15-6-2-1-3-7-15/h1-11,13-14H,12H2/b19-13+. The predicted molar refractivity (Wildman–Crippen MR) is 135 cm³/mol. The van der Waals surface area contributed by atoms with Gasteiger partial charge in [-0.05, 0) is 29.8 Å². The van der Waals surface area contributed by atoms with E-state index in [1.165, 1.54) is 17.4 Å². The largest absolute Gasteiger partial charge is 0.422 e. The van der Waals surface area contributed by atoms with Crippen molar-refractivity contribution in [2.75, 3.05) is 0 Å². The summed E-state index contributed by atoms with van der Waals surface area (Å²) in [5.41, 5.74) is 1.61. The molecule has 0 aliphatic carbocycles. The molecule has 0 saturated heterocycles. The fraction of sp³-hybridized carbons (Fsp3) is 0.0385. The number of carbonyl (C=O) groups is 2. The number of esters is 2. The van der Waals surface area contributed by atoms with Crippen molar-refractivity contribution in [1.82, 2.24) is 0 Å². The van der Waals surface area contributed by atoms with Crippen LogP contribution in [0.5, 0.6) is 5.75 Å². The molecule has 5 rings (SSSR count). The maximum absolute atomic E-state index is 12.9. The first kappa shape index (κ1) is 22.3. The van der Waals surface area contributed by atoms with Crippen LogP contribution >= 0.6 is 34.5 Å². The van der Waals surface area contributed by atoms with Crippen LogP contribution in [0, 0.1) is 0 Å². The van der Waals surface area contributed by atoms with Crippen LogP contribution in [0.2, 0.25) is 10.0 Å². The minimum atomic E-state index is -0.601. The molecular formula is C26H15Cl2NO4S. The third kappa shape index (κ3) is 4.61. The van der Waals surface area contributed by atoms with Gasteiger partial charge in [0, 0.05) is 27.1 Å². The molecule has 2 heterocycles. The molecule has 3 aromatic carbocycles. The molecule has 0 atom stereocenters. The quantitative estimate of drug-likeness (QED) is 0.166. The lowest BCUT2D eigenvalue weighted by Crippen LogP contribution is -2.08. The summed E-state index contributed by atoms with van der Waals surface area (Å²) in [6, 6.07) is 21.7. The molecular weight excluding hydrogens is 493 g/mol. The number of hydrogen-bond acceptors (Lipinski definition) is 6. The fourth-order valence-electron chi connectivity index (χ4n) is 3.46. The van der Waals surface area contributed by atoms with Crippen molar-refractivity contribution in [2.24, 2.45) is 4.99 Å². The number of fused-ring (bicyclic) bond motifs is 1. The van der Waals surface area contributed by atoms with Crippen LogP contribution < -0.4 is 4.74 Å². The Balaban J connectivity index is 1.41. The van der Waals surface area contributed by atoms with E-state index in [2.05, 4.69) is 4.99 Å². The van der Waals surface area contributed by atoms with Gasteiger partial charge in [-0.2, -0.15) is 0 Å². The van der Waals surface area contributed by atoms with Crippen LogP contribution in [0.4, 0.5) is 0 Å². The second-order valence-electron chi connectivity index (χ2n) is 7.40. The lowest BCUT2D eigenvalue weighted by atomic mass is 10.1. The van der Waals surface area contributed by atoms with E-state index in [0.717, 1.165) is 15.6 Å². The van der Waals surface area contributed by atoms with Gasteiger partial charge in [-0.1, -0.05) is 77.8 Å². The first-order valence-corrected chi connectivity index (χ1v) is 11.8. The van der Waals surface area contributed by atoms with E-state index in [1.807, 2.05) is 30.3 Å². The SMILES string of the molecule is O=C1OC(Cc2ccccc2)=N/C1=C/c1ccccc1OC(=O)c1sc2cc(Cl)ccc2c1Cl. The Morgan fingerprint density at radius 1 is 1.03 bits per heavy atom. The van der Waals surface area contributed by atoms with Crippen LogP contribution in [-0.4, -0.2) is 17.8 Å². The monoisotopic (exact) mass is 507 g/mol. The van der Waals surface area contributed by atoms with Crippen molar-refractivity contribution in [1.29, 1.82) is 0 Å². The van der Waals surface area contributed by atoms with E-state index in [1.54, 1.807) is 42.5 Å². The summed E-state index contributed by atoms with van der Waals surface area (Å²) in [6.45, 7) is 0. The number of aliphatic imine (C=N–C) groups is 1. The third-order valence-electron chi connectivity index (χ3n) is 5.05. The van der Waals surface area contributed by atoms with Gasteiger partial charge in [-0.25, -0.2) is 14.6 Å². The minimum absolute atomic E-state index is 0.129. The van der Waals surface area contributed by atoms with E-state index in [4.69, 9.17) is 32.7 Å². The van der Waals surface area contributed by atoms with Gasteiger partial charge in [-0.15, -0.1) is 11.3 Å². The molecule has 1 aliphatic heterocycles. The van der Waals surface area contributed by atoms with Crippen LogP contribution in [0.1, 0.15) is 20.8 Å². The van der Waals surface area contributed by atoms with E-state index < -0.39 is 11.9 Å². The Labute approximate surface area is 208 Å². The zero-order valence-electron chi connectivity index (χ0n) is 17.5. The maximum atomic E-state index is 12.9. The lowest BCUT2D eigenvalue weighted by molar-refractivity contribution is -0.130. The number of ether oxygens (including phenoxy) is 2. The summed E-state index contributed by atoms with van der Waals surface area (Å²) in [7, 11) is 0. The van der Waals surface area contributed by atoms with E-state index >= 15 is 0 Å². The van der Waals surface area contributed by atoms with Gasteiger partial charge in [0.05, 0.1) is 5.02 Å². The van der Waals surface area contributed by atoms with Gasteiger partial charge in [0.25, 0.3) is 0 Å². The topological polar surface area (TPSA) is 65.0 Å². The number of para-hydroxylation sites is 1. The molecule has 0 unspecified atom stereocenters. The number of halogens is 2. The van der Waals surface area contributed by atoms with Crippen molar-refractivity contribution in [3.63, 3.8) is 0 Å². The molecule has 0 N–H and O–H groups in total. The highest BCUT2D eigenvalue weighted by atomic mass is 35.5. The number of nitrogens with zero attached hydrogens (tertiary/aromatic N) is 1. The van der Waals surface area contributed by atoms with Crippen molar-refractivity contribution in [2.45, 2.75) is 6.42 Å². The molecule has 5 nitrogen and oxygen atoms in total. The molecule has 0 radical (unpaired) electrons. The highest BCUT2D eigenvalue weighted by Gasteiger charge is 2.24. The van der Waals surface area contributed by atoms with Crippen molar-refractivity contribution >= 4 is 68.5 Å². The normalized spacial score (nSPS) is 14.4. The van der Waals surface area contributed by atoms with Gasteiger partial charge in [0.15, 0.2) is 5.70 Å². The summed E-state index contributed by atoms with van der Waals surface area (Å²) in [5, 5.41) is 1.59. The molecule has 0 amide bonds. The average molecular weight is 508 g/mol. The summed E-state index contributed by atoms with van der Waals surface area (Å²) in [5.74, 6) is -0.578. The number of thiophene rings is 1. The number of hydrogen-bond donors (Lipinski definition) is 0. The maximum Gasteiger partial charge on any atom is 0.363 e. The van der Waals surface area contributed by atoms with Crippen molar-refractivity contribution < 1.29 is 19.1 Å². The smallest absolute Gasteiger partial charge is 0.363 e. The number of cyclic esters (lactones) is 1. The first-order chi connectivity index (χ1) is 16.5. The Morgan fingerprint density at radius 3 is 2.62 bits per heavy atom. The van der Waals surface area contributed by atoms with E-state index in [-0.39, 0.29) is 16.3 Å². The number of rotatable bonds is 5. The van der Waals surface area contributed by atoms with Gasteiger partial charge in [-0.3, -0.25) is 0 Å². The summed E-state index contributed by atoms with van der Waals surface area (Å²) in [4.78, 5) is 29.9. The van der Waals surface area contributed by atoms with E-state index in [9.17, 15) is 9.59 Å². The Bertz CT molecular complexity index is 1490. The predicted octanol–water partition coefficient (Wildman–Crippen LogP) is 6.97. The number of carbonyl (C=O) groups excluding carboxylic acids is 2. The second-order valence-corrected chi connectivity index (χ2v) is 9.27. The average Bonchev–Trinajstić information content (AvgIpc) is 3.34. The molecule has 0 fully saturated rings. The molecule has 34 heavy (non-hydrogen) atoms. The van der Waals surface area contributed by atoms with Gasteiger partial charge in [0.1, 0.15) is 10.6 Å². The Kier molecular flexibility index (Phi) is 6.20. The second kappa shape index (κ2) is 9.43. The summed E-state index contributed by atoms with van der Waals surface area (Å²) < 4.78 is 11.7. The molecule has 8 heteroatoms. The third-order valence-corrected chi connectivity index (χ3v) is 6.93. The van der Waals surface area contributed by atoms with Crippen LogP contribution in [0.3, 0.4) is 0 Å². The van der Waals surface area contributed by atoms with Crippen LogP contribution in [0.15, 0.2) is 83.5 Å². The minimum Gasteiger partial charge on any atom is -0.422 e. The highest BCUT2D eigenvalue weighted by molar-refractivity contribution is 7.21. The molecule has 4 aromatic rings. The van der Waals surface area contributed by atoms with Crippen LogP contribution in [-0.2, 0) is 16.0 Å². The van der Waals surface area contributed by atoms with Gasteiger partial charge < -0.3 is 9.47 Å². The lowest BCUT2D eigenvalue weighted by Gasteiger charge is -2.07. The summed E-state index contributed by atoms with van der Waals surface area (Å²) >= 11 is 13.7. The molecule has 0 spiro atoms. The molecule has 168 valence electrons. The first-order valence-electron chi connectivity index (χ1n) is 10.2. The van der Waals surface area contributed by atoms with Crippen molar-refractivity contribution in [3.05, 3.63) is 105 Å². The van der Waals surface area contributed by atoms with E-state index in [0.29, 0.717) is 27.9 Å². The highest BCUT2D eigenvalue weighted by Crippen LogP contribution is 2.37. The summed E-state index contributed by atoms with van der Waals surface area (Å²) in [6.07, 6.45) is 1.93. The zero-order chi connectivity index (χ0) is 23.7. The molecule has 1 aromatic heterocycles. The van der Waals surface area contributed by atoms with Crippen molar-refractivity contribution in [3.8, 4) is 5.75 Å². The Morgan fingerprint density at radius 2 is 1.79 bits per heavy atom. The van der Waals surface area contributed by atoms with Gasteiger partial charge in [0.2, 0.25) is 5.90 Å². The fourth-order valence-corrected chi connectivity index (χ4v) is 5.12. The molecule has 0 saturated carbocycles. The molecule has 1 aliphatic rings. The van der Waals surface area contributed by atoms with Gasteiger partial charge >= 0.3 is 11.9 Å². The number of benzene rings is 3. The Hall–Kier alpha value is -3.45. The molecule has 0 bridgehead atoms. The van der Waals surface area contributed by atoms with Crippen LogP contribution in [0.25, 0.3) is 16.2 Å². The zero-order valence-corrected chi connectivity index (χ0v) is 19.8.